The first kappa shape index (κ1) is 14.4. The van der Waals surface area contributed by atoms with E-state index in [4.69, 9.17) is 9.47 Å². The lowest BCUT2D eigenvalue weighted by atomic mass is 9.97. The fraction of sp³-hybridized carbons (Fsp3) is 0.800. The molecule has 0 unspecified atom stereocenters. The number of aliphatic hydroxyl groups excluding tert-OH is 1. The Labute approximate surface area is 114 Å². The second-order valence-electron chi connectivity index (χ2n) is 5.46. The summed E-state index contributed by atoms with van der Waals surface area (Å²) in [5.41, 5.74) is 0.671. The number of esters is 1. The van der Waals surface area contributed by atoms with Crippen LogP contribution in [0.15, 0.2) is 11.3 Å². The van der Waals surface area contributed by atoms with Gasteiger partial charge in [-0.25, -0.2) is 4.79 Å². The number of hydrogen-bond acceptors (Lipinski definition) is 4. The Bertz CT molecular complexity index is 348. The third-order valence-electron chi connectivity index (χ3n) is 4.06. The van der Waals surface area contributed by atoms with E-state index >= 15 is 0 Å². The van der Waals surface area contributed by atoms with E-state index in [0.717, 1.165) is 63.5 Å². The monoisotopic (exact) mass is 268 g/mol. The van der Waals surface area contributed by atoms with Gasteiger partial charge in [-0.05, 0) is 38.5 Å². The molecule has 0 aromatic carbocycles. The van der Waals surface area contributed by atoms with Crippen LogP contribution >= 0.6 is 0 Å². The van der Waals surface area contributed by atoms with Crippen molar-refractivity contribution in [2.45, 2.75) is 70.0 Å². The Hall–Kier alpha value is -1.03. The van der Waals surface area contributed by atoms with Crippen LogP contribution in [0.4, 0.5) is 0 Å². The Morgan fingerprint density at radius 3 is 2.63 bits per heavy atom. The van der Waals surface area contributed by atoms with Crippen LogP contribution in [0.25, 0.3) is 0 Å². The average Bonchev–Trinajstić information content (AvgIpc) is 2.64. The number of hydrogen-bond donors (Lipinski definition) is 1. The maximum absolute atomic E-state index is 11.7. The summed E-state index contributed by atoms with van der Waals surface area (Å²) in [4.78, 5) is 11.7. The summed E-state index contributed by atoms with van der Waals surface area (Å²) in [5.74, 6) is 0.474. The Kier molecular flexibility index (Phi) is 5.25. The molecule has 1 fully saturated rings. The molecule has 0 aliphatic heterocycles. The molecule has 0 heterocycles. The van der Waals surface area contributed by atoms with Crippen LogP contribution in [0.1, 0.15) is 57.8 Å². The number of rotatable bonds is 3. The summed E-state index contributed by atoms with van der Waals surface area (Å²) >= 11 is 0. The zero-order valence-electron chi connectivity index (χ0n) is 11.7. The predicted octanol–water partition coefficient (Wildman–Crippen LogP) is 2.70. The van der Waals surface area contributed by atoms with E-state index in [2.05, 4.69) is 0 Å². The molecule has 108 valence electrons. The van der Waals surface area contributed by atoms with Gasteiger partial charge in [-0.1, -0.05) is 12.8 Å². The Morgan fingerprint density at radius 2 is 1.84 bits per heavy atom. The number of allylic oxidation sites excluding steroid dienone is 1. The van der Waals surface area contributed by atoms with E-state index in [9.17, 15) is 9.90 Å². The number of carbonyl (C=O) groups is 1. The first-order valence-electron chi connectivity index (χ1n) is 7.37. The fourth-order valence-corrected chi connectivity index (χ4v) is 2.92. The lowest BCUT2D eigenvalue weighted by molar-refractivity contribution is -0.137. The van der Waals surface area contributed by atoms with Crippen LogP contribution in [-0.4, -0.2) is 30.4 Å². The van der Waals surface area contributed by atoms with Gasteiger partial charge in [-0.3, -0.25) is 0 Å². The van der Waals surface area contributed by atoms with Gasteiger partial charge >= 0.3 is 5.97 Å². The number of aliphatic hydroxyl groups is 1. The molecule has 2 atom stereocenters. The molecule has 0 amide bonds. The maximum atomic E-state index is 11.7. The third-order valence-corrected chi connectivity index (χ3v) is 4.06. The van der Waals surface area contributed by atoms with Gasteiger partial charge in [-0.15, -0.1) is 0 Å². The van der Waals surface area contributed by atoms with Crippen molar-refractivity contribution in [3.8, 4) is 0 Å². The highest BCUT2D eigenvalue weighted by atomic mass is 16.5. The van der Waals surface area contributed by atoms with Crippen molar-refractivity contribution in [1.82, 2.24) is 0 Å². The van der Waals surface area contributed by atoms with Crippen LogP contribution in [0.5, 0.6) is 0 Å². The highest BCUT2D eigenvalue weighted by molar-refractivity contribution is 5.89. The van der Waals surface area contributed by atoms with Crippen molar-refractivity contribution in [1.29, 1.82) is 0 Å². The minimum absolute atomic E-state index is 0.157. The van der Waals surface area contributed by atoms with Gasteiger partial charge < -0.3 is 14.6 Å². The summed E-state index contributed by atoms with van der Waals surface area (Å²) in [6.45, 7) is 0. The molecular weight excluding hydrogens is 244 g/mol. The molecule has 1 saturated carbocycles. The highest BCUT2D eigenvalue weighted by Gasteiger charge is 2.27. The first-order valence-corrected chi connectivity index (χ1v) is 7.37. The normalized spacial score (nSPS) is 28.7. The summed E-state index contributed by atoms with van der Waals surface area (Å²) in [6, 6.07) is 0. The maximum Gasteiger partial charge on any atom is 0.337 e. The smallest absolute Gasteiger partial charge is 0.337 e. The molecule has 0 aromatic heterocycles. The largest absolute Gasteiger partial charge is 0.492 e. The van der Waals surface area contributed by atoms with Crippen molar-refractivity contribution in [3.63, 3.8) is 0 Å². The van der Waals surface area contributed by atoms with Gasteiger partial charge in [0.05, 0.1) is 18.8 Å². The molecule has 19 heavy (non-hydrogen) atoms. The van der Waals surface area contributed by atoms with E-state index in [0.29, 0.717) is 5.57 Å². The van der Waals surface area contributed by atoms with Crippen LogP contribution in [0, 0.1) is 0 Å². The summed E-state index contributed by atoms with van der Waals surface area (Å²) < 4.78 is 10.8. The average molecular weight is 268 g/mol. The minimum Gasteiger partial charge on any atom is -0.492 e. The van der Waals surface area contributed by atoms with Crippen LogP contribution in [0.2, 0.25) is 0 Å². The van der Waals surface area contributed by atoms with E-state index in [-0.39, 0.29) is 12.1 Å². The second-order valence-corrected chi connectivity index (χ2v) is 5.46. The van der Waals surface area contributed by atoms with Crippen LogP contribution < -0.4 is 0 Å². The van der Waals surface area contributed by atoms with Crippen molar-refractivity contribution in [3.05, 3.63) is 11.3 Å². The Balaban J connectivity index is 2.09. The van der Waals surface area contributed by atoms with Gasteiger partial charge in [0.1, 0.15) is 11.9 Å². The molecular formula is C15H24O4. The number of carbonyl (C=O) groups excluding carboxylic acids is 1. The van der Waals surface area contributed by atoms with E-state index < -0.39 is 6.10 Å². The van der Waals surface area contributed by atoms with E-state index in [1.54, 1.807) is 0 Å². The molecule has 0 bridgehead atoms. The quantitative estimate of drug-likeness (QED) is 0.631. The molecule has 0 spiro atoms. The van der Waals surface area contributed by atoms with Crippen molar-refractivity contribution >= 4 is 5.97 Å². The predicted molar refractivity (Wildman–Crippen MR) is 71.5 cm³/mol. The zero-order chi connectivity index (χ0) is 13.7. The molecule has 4 heteroatoms. The molecule has 1 N–H and O–H groups in total. The van der Waals surface area contributed by atoms with Gasteiger partial charge in [0.2, 0.25) is 0 Å². The Morgan fingerprint density at radius 1 is 1.11 bits per heavy atom. The second kappa shape index (κ2) is 6.94. The fourth-order valence-electron chi connectivity index (χ4n) is 2.92. The molecule has 4 nitrogen and oxygen atoms in total. The lowest BCUT2D eigenvalue weighted by Crippen LogP contribution is -2.29. The topological polar surface area (TPSA) is 55.8 Å². The molecule has 0 saturated heterocycles. The highest BCUT2D eigenvalue weighted by Crippen LogP contribution is 2.30. The molecule has 0 radical (unpaired) electrons. The third kappa shape index (κ3) is 3.72. The number of methoxy groups -OCH3 is 1. The van der Waals surface area contributed by atoms with Crippen molar-refractivity contribution in [2.24, 2.45) is 0 Å². The van der Waals surface area contributed by atoms with Gasteiger partial charge in [0.15, 0.2) is 0 Å². The zero-order valence-corrected chi connectivity index (χ0v) is 11.7. The van der Waals surface area contributed by atoms with Gasteiger partial charge in [0, 0.05) is 6.42 Å². The molecule has 2 aliphatic carbocycles. The van der Waals surface area contributed by atoms with E-state index in [1.807, 2.05) is 0 Å². The summed E-state index contributed by atoms with van der Waals surface area (Å²) in [5, 5.41) is 10.1. The minimum atomic E-state index is -0.407. The van der Waals surface area contributed by atoms with Crippen molar-refractivity contribution < 1.29 is 19.4 Å². The van der Waals surface area contributed by atoms with Crippen LogP contribution in [-0.2, 0) is 14.3 Å². The van der Waals surface area contributed by atoms with E-state index in [1.165, 1.54) is 7.11 Å². The molecule has 0 aromatic rings. The summed E-state index contributed by atoms with van der Waals surface area (Å²) in [6.07, 6.45) is 7.96. The molecule has 2 aliphatic rings. The summed E-state index contributed by atoms with van der Waals surface area (Å²) in [7, 11) is 1.40. The van der Waals surface area contributed by atoms with Gasteiger partial charge in [0.25, 0.3) is 0 Å². The van der Waals surface area contributed by atoms with Crippen LogP contribution in [0.3, 0.4) is 0 Å². The van der Waals surface area contributed by atoms with Crippen molar-refractivity contribution in [2.75, 3.05) is 7.11 Å². The first-order chi connectivity index (χ1) is 9.22. The van der Waals surface area contributed by atoms with Gasteiger partial charge in [-0.2, -0.15) is 0 Å². The molecule has 2 rings (SSSR count). The SMILES string of the molecule is COC(=O)C1=C(O[C@H]2CCCCC[C@@H]2O)CCCC1. The lowest BCUT2D eigenvalue weighted by Gasteiger charge is -2.27. The standard InChI is InChI=1S/C15H24O4/c1-18-15(17)11-7-5-6-9-13(11)19-14-10-4-2-3-8-12(14)16/h12,14,16H,2-10H2,1H3/t12-,14-/m0/s1. The number of ether oxygens (including phenoxy) is 2.